The van der Waals surface area contributed by atoms with E-state index in [1.165, 1.54) is 6.92 Å². The van der Waals surface area contributed by atoms with Crippen LogP contribution in [0.1, 0.15) is 80.7 Å². The van der Waals surface area contributed by atoms with Crippen molar-refractivity contribution in [3.63, 3.8) is 0 Å². The van der Waals surface area contributed by atoms with Crippen molar-refractivity contribution in [3.05, 3.63) is 23.8 Å². The van der Waals surface area contributed by atoms with E-state index in [2.05, 4.69) is 11.8 Å². The number of allylic oxidation sites excluding steroid dienone is 2. The van der Waals surface area contributed by atoms with Gasteiger partial charge in [-0.1, -0.05) is 30.7 Å². The van der Waals surface area contributed by atoms with E-state index in [1.54, 1.807) is 19.1 Å². The number of fused-ring (bicyclic) bond motifs is 1. The Morgan fingerprint density at radius 2 is 2.09 bits per heavy atom. The topological polar surface area (TPSA) is 93.1 Å². The van der Waals surface area contributed by atoms with E-state index in [4.69, 9.17) is 17.7 Å². The number of ether oxygens (including phenoxy) is 2. The fraction of sp³-hybridized carbons (Fsp3) is 0.704. The summed E-state index contributed by atoms with van der Waals surface area (Å²) in [4.78, 5) is 24.2. The van der Waals surface area contributed by atoms with Gasteiger partial charge in [-0.05, 0) is 70.5 Å². The summed E-state index contributed by atoms with van der Waals surface area (Å²) in [7, 11) is 0. The maximum Gasteiger partial charge on any atom is 0.347 e. The molecule has 0 spiro atoms. The minimum Gasteiger partial charge on any atom is -0.463 e. The highest BCUT2D eigenvalue weighted by atomic mass is 16.6. The Balaban J connectivity index is 2.17. The Bertz CT molecular complexity index is 1010. The lowest BCUT2D eigenvalue weighted by Crippen LogP contribution is -2.26. The quantitative estimate of drug-likeness (QED) is 0.272. The molecule has 0 saturated heterocycles. The van der Waals surface area contributed by atoms with Gasteiger partial charge in [0.05, 0.1) is 18.8 Å². The second kappa shape index (κ2) is 13.6. The Kier molecular flexibility index (Phi) is 7.91. The van der Waals surface area contributed by atoms with Crippen molar-refractivity contribution in [1.29, 1.82) is 0 Å². The highest BCUT2D eigenvalue weighted by Gasteiger charge is 2.45. The molecule has 2 N–H and O–H groups in total. The highest BCUT2D eigenvalue weighted by molar-refractivity contribution is 5.78. The molecule has 1 unspecified atom stereocenters. The van der Waals surface area contributed by atoms with Gasteiger partial charge in [-0.2, -0.15) is 0 Å². The predicted octanol–water partition coefficient (Wildman–Crippen LogP) is 3.95. The van der Waals surface area contributed by atoms with E-state index in [0.29, 0.717) is 31.3 Å². The van der Waals surface area contributed by atoms with Gasteiger partial charge < -0.3 is 19.7 Å². The van der Waals surface area contributed by atoms with Crippen molar-refractivity contribution >= 4 is 11.9 Å². The second-order valence-corrected chi connectivity index (χ2v) is 8.69. The third-order valence-electron chi connectivity index (χ3n) is 6.24. The number of esters is 2. The molecule has 2 aliphatic rings. The first-order chi connectivity index (χ1) is 18.0. The third-order valence-corrected chi connectivity index (χ3v) is 6.24. The molecule has 0 heterocycles. The number of aliphatic hydroxyl groups is 2. The summed E-state index contributed by atoms with van der Waals surface area (Å²) in [6, 6.07) is 0. The van der Waals surface area contributed by atoms with Crippen LogP contribution in [-0.2, 0) is 19.1 Å². The van der Waals surface area contributed by atoms with E-state index in [-0.39, 0.29) is 30.3 Å². The summed E-state index contributed by atoms with van der Waals surface area (Å²) in [5.41, 5.74) is 0.570. The van der Waals surface area contributed by atoms with Crippen LogP contribution < -0.4 is 0 Å². The largest absolute Gasteiger partial charge is 0.463 e. The Morgan fingerprint density at radius 1 is 1.33 bits per heavy atom. The number of aliphatic hydroxyl groups excluding tert-OH is 2. The van der Waals surface area contributed by atoms with Gasteiger partial charge in [-0.25, -0.2) is 4.79 Å². The number of hydrogen-bond donors (Lipinski definition) is 2. The molecule has 0 amide bonds. The average Bonchev–Trinajstić information content (AvgIpc) is 3.35. The standard InChI is InChI=1S/C27H40O6/c1-5-7-10-18(3)24(28)14-13-22-23-16-20(15-21(23)17-25(22)29)11-8-9-12-26(30)33-19(4)27(31)32-6-2/h11,13-14,18-19,21-25,28-29H,6,8-10,12,15-17H2,1-4H3/b14-13+,20-11+/t18?,19-,21-,22+,23-,24+,25+/m0/s1/i8D2,9D2,12D2. The number of carbonyl (C=O) groups is 2. The summed E-state index contributed by atoms with van der Waals surface area (Å²) < 4.78 is 58.9. The fourth-order valence-corrected chi connectivity index (χ4v) is 4.43. The maximum atomic E-state index is 12.5. The SMILES string of the molecule is [2H]C([2H])(/C=C1\C[C@H]2C[C@@H](O)[C@H](/C=C/[C@@H](O)C(C)CC#CC)[C@H]2C1)C([2H])([2H])C([2H])([2H])C(=O)O[C@@H](C)C(=O)OCC. The molecule has 2 rings (SSSR count). The highest BCUT2D eigenvalue weighted by Crippen LogP contribution is 2.50. The molecule has 0 aromatic carbocycles. The molecule has 0 aromatic heterocycles. The third kappa shape index (κ3) is 8.32. The van der Waals surface area contributed by atoms with E-state index < -0.39 is 49.4 Å². The molecule has 0 radical (unpaired) electrons. The van der Waals surface area contributed by atoms with Crippen LogP contribution in [0.25, 0.3) is 0 Å². The summed E-state index contributed by atoms with van der Waals surface area (Å²) in [6.45, 7) is 6.32. The predicted molar refractivity (Wildman–Crippen MR) is 127 cm³/mol. The van der Waals surface area contributed by atoms with Crippen molar-refractivity contribution < 1.29 is 37.5 Å². The molecule has 0 bridgehead atoms. The number of rotatable bonds is 11. The minimum absolute atomic E-state index is 0.00802. The summed E-state index contributed by atoms with van der Waals surface area (Å²) in [6.07, 6.45) is -6.21. The Labute approximate surface area is 206 Å². The zero-order chi connectivity index (χ0) is 29.8. The molecule has 33 heavy (non-hydrogen) atoms. The van der Waals surface area contributed by atoms with Crippen LogP contribution in [-0.4, -0.2) is 47.1 Å². The van der Waals surface area contributed by atoms with Gasteiger partial charge in [-0.15, -0.1) is 11.8 Å². The van der Waals surface area contributed by atoms with Gasteiger partial charge in [0, 0.05) is 26.9 Å². The normalized spacial score (nSPS) is 32.1. The van der Waals surface area contributed by atoms with Crippen LogP contribution in [0.3, 0.4) is 0 Å². The number of carbonyl (C=O) groups excluding carboxylic acids is 2. The molecule has 2 fully saturated rings. The van der Waals surface area contributed by atoms with Gasteiger partial charge in [0.2, 0.25) is 0 Å². The molecule has 6 heteroatoms. The monoisotopic (exact) mass is 466 g/mol. The van der Waals surface area contributed by atoms with E-state index in [9.17, 15) is 19.8 Å². The Morgan fingerprint density at radius 3 is 2.79 bits per heavy atom. The average molecular weight is 467 g/mol. The summed E-state index contributed by atoms with van der Waals surface area (Å²) in [5, 5.41) is 21.0. The van der Waals surface area contributed by atoms with Crippen molar-refractivity contribution in [3.8, 4) is 11.8 Å². The van der Waals surface area contributed by atoms with Gasteiger partial charge in [-0.3, -0.25) is 4.79 Å². The lowest BCUT2D eigenvalue weighted by Gasteiger charge is -2.19. The zero-order valence-corrected chi connectivity index (χ0v) is 19.8. The van der Waals surface area contributed by atoms with Gasteiger partial charge in [0.25, 0.3) is 0 Å². The summed E-state index contributed by atoms with van der Waals surface area (Å²) >= 11 is 0. The van der Waals surface area contributed by atoms with Crippen LogP contribution in [0.4, 0.5) is 0 Å². The van der Waals surface area contributed by atoms with Crippen molar-refractivity contribution in [2.45, 2.75) is 90.8 Å². The maximum absolute atomic E-state index is 12.5. The van der Waals surface area contributed by atoms with Crippen molar-refractivity contribution in [2.75, 3.05) is 6.61 Å². The fourth-order valence-electron chi connectivity index (χ4n) is 4.43. The van der Waals surface area contributed by atoms with Crippen LogP contribution in [0.15, 0.2) is 23.8 Å². The van der Waals surface area contributed by atoms with Crippen LogP contribution in [0, 0.1) is 35.5 Å². The van der Waals surface area contributed by atoms with Gasteiger partial charge in [0.15, 0.2) is 6.10 Å². The second-order valence-electron chi connectivity index (χ2n) is 8.69. The van der Waals surface area contributed by atoms with Crippen LogP contribution in [0.5, 0.6) is 0 Å². The first-order valence-electron chi connectivity index (χ1n) is 14.5. The van der Waals surface area contributed by atoms with E-state index in [0.717, 1.165) is 13.0 Å². The summed E-state index contributed by atoms with van der Waals surface area (Å²) in [5.74, 6) is 2.73. The molecule has 0 aromatic rings. The molecular weight excluding hydrogens is 420 g/mol. The lowest BCUT2D eigenvalue weighted by atomic mass is 9.89. The van der Waals surface area contributed by atoms with Crippen molar-refractivity contribution in [1.82, 2.24) is 0 Å². The van der Waals surface area contributed by atoms with Crippen LogP contribution >= 0.6 is 0 Å². The van der Waals surface area contributed by atoms with Crippen molar-refractivity contribution in [2.24, 2.45) is 23.7 Å². The molecule has 7 atom stereocenters. The van der Waals surface area contributed by atoms with Gasteiger partial charge in [0.1, 0.15) is 0 Å². The minimum atomic E-state index is -3.42. The van der Waals surface area contributed by atoms with Gasteiger partial charge >= 0.3 is 11.9 Å². The first kappa shape index (κ1) is 19.2. The van der Waals surface area contributed by atoms with Crippen LogP contribution in [0.2, 0.25) is 0 Å². The smallest absolute Gasteiger partial charge is 0.347 e. The lowest BCUT2D eigenvalue weighted by molar-refractivity contribution is -0.166. The molecule has 0 aliphatic heterocycles. The first-order valence-corrected chi connectivity index (χ1v) is 11.5. The zero-order valence-electron chi connectivity index (χ0n) is 25.8. The molecule has 2 saturated carbocycles. The molecule has 2 aliphatic carbocycles. The van der Waals surface area contributed by atoms with E-state index >= 15 is 0 Å². The molecule has 6 nitrogen and oxygen atoms in total. The number of hydrogen-bond acceptors (Lipinski definition) is 6. The molecule has 184 valence electrons. The van der Waals surface area contributed by atoms with E-state index in [1.807, 2.05) is 6.92 Å². The Hall–Kier alpha value is -2.10. The molecular formula is C27H40O6.